The fourth-order valence-electron chi connectivity index (χ4n) is 2.49. The van der Waals surface area contributed by atoms with Crippen molar-refractivity contribution < 1.29 is 19.4 Å². The molecule has 0 aliphatic rings. The first-order valence-corrected chi connectivity index (χ1v) is 8.80. The fraction of sp³-hybridized carbons (Fsp3) is 0.381. The Morgan fingerprint density at radius 3 is 2.27 bits per heavy atom. The summed E-state index contributed by atoms with van der Waals surface area (Å²) in [6.45, 7) is 11.0. The predicted octanol–water partition coefficient (Wildman–Crippen LogP) is 4.74. The molecule has 0 heterocycles. The van der Waals surface area contributed by atoms with Crippen LogP contribution in [0, 0.1) is 0 Å². The minimum atomic E-state index is -0.324. The van der Waals surface area contributed by atoms with Crippen LogP contribution in [0.25, 0.3) is 0 Å². The zero-order valence-corrected chi connectivity index (χ0v) is 16.1. The van der Waals surface area contributed by atoms with Crippen LogP contribution in [-0.4, -0.2) is 24.2 Å². The van der Waals surface area contributed by atoms with Gasteiger partial charge in [-0.1, -0.05) is 26.8 Å². The Balaban J connectivity index is 2.29. The smallest absolute Gasteiger partial charge is 0.255 e. The average molecular weight is 357 g/mol. The first kappa shape index (κ1) is 19.6. The maximum absolute atomic E-state index is 12.6. The first-order valence-electron chi connectivity index (χ1n) is 8.80. The molecule has 5 heteroatoms. The molecule has 2 rings (SSSR count). The number of benzene rings is 2. The van der Waals surface area contributed by atoms with Crippen molar-refractivity contribution in [3.05, 3.63) is 47.5 Å². The molecule has 140 valence electrons. The second kappa shape index (κ2) is 8.13. The molecule has 2 aromatic rings. The van der Waals surface area contributed by atoms with Crippen LogP contribution in [0.3, 0.4) is 0 Å². The molecular weight excluding hydrogens is 330 g/mol. The summed E-state index contributed by atoms with van der Waals surface area (Å²) >= 11 is 0. The number of ether oxygens (including phenoxy) is 2. The lowest BCUT2D eigenvalue weighted by Gasteiger charge is -2.20. The van der Waals surface area contributed by atoms with Crippen molar-refractivity contribution in [1.29, 1.82) is 0 Å². The molecule has 0 bridgehead atoms. The summed E-state index contributed by atoms with van der Waals surface area (Å²) in [6, 6.07) is 10.3. The van der Waals surface area contributed by atoms with Gasteiger partial charge < -0.3 is 19.9 Å². The molecule has 0 aromatic heterocycles. The molecule has 2 N–H and O–H groups in total. The molecule has 0 atom stereocenters. The minimum absolute atomic E-state index is 0.0299. The van der Waals surface area contributed by atoms with Crippen LogP contribution in [0.2, 0.25) is 0 Å². The number of rotatable bonds is 6. The van der Waals surface area contributed by atoms with Crippen LogP contribution >= 0.6 is 0 Å². The lowest BCUT2D eigenvalue weighted by atomic mass is 9.87. The number of carbonyl (C=O) groups excluding carboxylic acids is 1. The number of aromatic hydroxyl groups is 1. The van der Waals surface area contributed by atoms with E-state index in [1.807, 2.05) is 19.9 Å². The highest BCUT2D eigenvalue weighted by Gasteiger charge is 2.17. The quantitative estimate of drug-likeness (QED) is 0.733. The van der Waals surface area contributed by atoms with E-state index in [0.29, 0.717) is 36.0 Å². The number of hydrogen-bond donors (Lipinski definition) is 2. The Hall–Kier alpha value is -2.69. The van der Waals surface area contributed by atoms with Gasteiger partial charge in [-0.2, -0.15) is 0 Å². The monoisotopic (exact) mass is 357 g/mol. The summed E-state index contributed by atoms with van der Waals surface area (Å²) in [5.74, 6) is 0.829. The predicted molar refractivity (Wildman–Crippen MR) is 104 cm³/mol. The van der Waals surface area contributed by atoms with E-state index in [4.69, 9.17) is 9.47 Å². The van der Waals surface area contributed by atoms with Gasteiger partial charge in [-0.3, -0.25) is 4.79 Å². The van der Waals surface area contributed by atoms with E-state index in [1.54, 1.807) is 30.3 Å². The summed E-state index contributed by atoms with van der Waals surface area (Å²) in [7, 11) is 0. The summed E-state index contributed by atoms with van der Waals surface area (Å²) in [5, 5.41) is 12.9. The number of nitrogens with one attached hydrogen (secondary N) is 1. The Labute approximate surface area is 155 Å². The normalized spacial score (nSPS) is 11.1. The van der Waals surface area contributed by atoms with Crippen molar-refractivity contribution in [3.8, 4) is 17.2 Å². The molecule has 0 spiro atoms. The number of hydrogen-bond acceptors (Lipinski definition) is 4. The third-order valence-electron chi connectivity index (χ3n) is 3.92. The van der Waals surface area contributed by atoms with Gasteiger partial charge in [0.2, 0.25) is 0 Å². The third-order valence-corrected chi connectivity index (χ3v) is 3.92. The molecule has 0 radical (unpaired) electrons. The standard InChI is InChI=1S/C21H27NO4/c1-6-25-18-11-8-14(12-19(18)26-7-2)20(24)22-16-13-15(21(3,4)5)9-10-17(16)23/h8-13,23H,6-7H2,1-5H3,(H,22,24). The lowest BCUT2D eigenvalue weighted by Crippen LogP contribution is -2.15. The van der Waals surface area contributed by atoms with Crippen LogP contribution in [0.5, 0.6) is 17.2 Å². The molecular formula is C21H27NO4. The molecule has 0 fully saturated rings. The zero-order valence-electron chi connectivity index (χ0n) is 16.1. The summed E-state index contributed by atoms with van der Waals surface area (Å²) in [6.07, 6.45) is 0. The minimum Gasteiger partial charge on any atom is -0.506 e. The third kappa shape index (κ3) is 4.69. The second-order valence-electron chi connectivity index (χ2n) is 6.96. The maximum Gasteiger partial charge on any atom is 0.255 e. The van der Waals surface area contributed by atoms with Gasteiger partial charge in [0.15, 0.2) is 11.5 Å². The van der Waals surface area contributed by atoms with Crippen LogP contribution in [0.1, 0.15) is 50.5 Å². The summed E-state index contributed by atoms with van der Waals surface area (Å²) in [5.41, 5.74) is 1.74. The van der Waals surface area contributed by atoms with Gasteiger partial charge in [-0.05, 0) is 55.2 Å². The summed E-state index contributed by atoms with van der Waals surface area (Å²) in [4.78, 5) is 12.6. The van der Waals surface area contributed by atoms with E-state index in [9.17, 15) is 9.90 Å². The molecule has 0 aliphatic heterocycles. The van der Waals surface area contributed by atoms with E-state index in [0.717, 1.165) is 5.56 Å². The van der Waals surface area contributed by atoms with Gasteiger partial charge in [0, 0.05) is 5.56 Å². The maximum atomic E-state index is 12.6. The highest BCUT2D eigenvalue weighted by atomic mass is 16.5. The van der Waals surface area contributed by atoms with E-state index in [-0.39, 0.29) is 17.1 Å². The van der Waals surface area contributed by atoms with Crippen molar-refractivity contribution in [2.75, 3.05) is 18.5 Å². The van der Waals surface area contributed by atoms with E-state index >= 15 is 0 Å². The first-order chi connectivity index (χ1) is 12.3. The topological polar surface area (TPSA) is 67.8 Å². The Morgan fingerprint density at radius 2 is 1.65 bits per heavy atom. The van der Waals surface area contributed by atoms with Gasteiger partial charge in [0.1, 0.15) is 5.75 Å². The van der Waals surface area contributed by atoms with Crippen molar-refractivity contribution >= 4 is 11.6 Å². The highest BCUT2D eigenvalue weighted by molar-refractivity contribution is 6.05. The highest BCUT2D eigenvalue weighted by Crippen LogP contribution is 2.32. The van der Waals surface area contributed by atoms with Crippen molar-refractivity contribution in [3.63, 3.8) is 0 Å². The molecule has 0 unspecified atom stereocenters. The van der Waals surface area contributed by atoms with Gasteiger partial charge >= 0.3 is 0 Å². The molecule has 5 nitrogen and oxygen atoms in total. The zero-order chi connectivity index (χ0) is 19.3. The van der Waals surface area contributed by atoms with Gasteiger partial charge in [0.25, 0.3) is 5.91 Å². The second-order valence-corrected chi connectivity index (χ2v) is 6.96. The Morgan fingerprint density at radius 1 is 1.00 bits per heavy atom. The largest absolute Gasteiger partial charge is 0.506 e. The average Bonchev–Trinajstić information content (AvgIpc) is 2.57. The van der Waals surface area contributed by atoms with Crippen molar-refractivity contribution in [1.82, 2.24) is 0 Å². The van der Waals surface area contributed by atoms with Crippen LogP contribution in [-0.2, 0) is 5.41 Å². The van der Waals surface area contributed by atoms with Crippen LogP contribution < -0.4 is 14.8 Å². The number of phenolic OH excluding ortho intramolecular Hbond substituents is 1. The molecule has 0 saturated carbocycles. The molecule has 1 amide bonds. The van der Waals surface area contributed by atoms with Crippen LogP contribution in [0.15, 0.2) is 36.4 Å². The Bertz CT molecular complexity index is 778. The van der Waals surface area contributed by atoms with Gasteiger partial charge in [-0.25, -0.2) is 0 Å². The molecule has 26 heavy (non-hydrogen) atoms. The van der Waals surface area contributed by atoms with Crippen LogP contribution in [0.4, 0.5) is 5.69 Å². The summed E-state index contributed by atoms with van der Waals surface area (Å²) < 4.78 is 11.1. The van der Waals surface area contributed by atoms with Gasteiger partial charge in [0.05, 0.1) is 18.9 Å². The van der Waals surface area contributed by atoms with Crippen molar-refractivity contribution in [2.45, 2.75) is 40.0 Å². The van der Waals surface area contributed by atoms with E-state index in [1.165, 1.54) is 0 Å². The fourth-order valence-corrected chi connectivity index (χ4v) is 2.49. The lowest BCUT2D eigenvalue weighted by molar-refractivity contribution is 0.102. The molecule has 2 aromatic carbocycles. The number of amides is 1. The number of phenols is 1. The Kier molecular flexibility index (Phi) is 6.14. The molecule has 0 saturated heterocycles. The SMILES string of the molecule is CCOc1ccc(C(=O)Nc2cc(C(C)(C)C)ccc2O)cc1OCC. The molecule has 0 aliphatic carbocycles. The van der Waals surface area contributed by atoms with Crippen molar-refractivity contribution in [2.24, 2.45) is 0 Å². The van der Waals surface area contributed by atoms with E-state index in [2.05, 4.69) is 26.1 Å². The van der Waals surface area contributed by atoms with Gasteiger partial charge in [-0.15, -0.1) is 0 Å². The number of anilines is 1. The van der Waals surface area contributed by atoms with E-state index < -0.39 is 0 Å². The number of carbonyl (C=O) groups is 1.